The lowest BCUT2D eigenvalue weighted by atomic mass is 10.2. The molecule has 0 aliphatic heterocycles. The van der Waals surface area contributed by atoms with Crippen molar-refractivity contribution in [1.82, 2.24) is 4.98 Å². The van der Waals surface area contributed by atoms with E-state index in [9.17, 15) is 9.18 Å². The fourth-order valence-corrected chi connectivity index (χ4v) is 1.82. The number of benzene rings is 1. The van der Waals surface area contributed by atoms with Gasteiger partial charge in [0.1, 0.15) is 5.82 Å². The fraction of sp³-hybridized carbons (Fsp3) is 0.294. The van der Waals surface area contributed by atoms with Gasteiger partial charge in [0, 0.05) is 12.8 Å². The van der Waals surface area contributed by atoms with Gasteiger partial charge in [-0.2, -0.15) is 0 Å². The van der Waals surface area contributed by atoms with E-state index in [0.29, 0.717) is 18.8 Å². The molecule has 5 heteroatoms. The minimum atomic E-state index is -0.468. The molecule has 2 rings (SSSR count). The SMILES string of the molecule is CCCCOCc1ccc(C(=O)Nc2ccccc2F)cn1. The van der Waals surface area contributed by atoms with Crippen LogP contribution in [0, 0.1) is 5.82 Å². The van der Waals surface area contributed by atoms with Gasteiger partial charge in [0.2, 0.25) is 0 Å². The Hall–Kier alpha value is -2.27. The maximum Gasteiger partial charge on any atom is 0.257 e. The molecule has 0 fully saturated rings. The molecular formula is C17H19FN2O2. The van der Waals surface area contributed by atoms with Crippen LogP contribution in [-0.4, -0.2) is 17.5 Å². The number of rotatable bonds is 7. The molecule has 22 heavy (non-hydrogen) atoms. The number of unbranched alkanes of at least 4 members (excludes halogenated alkanes) is 1. The van der Waals surface area contributed by atoms with Crippen LogP contribution in [-0.2, 0) is 11.3 Å². The Bertz CT molecular complexity index is 614. The number of hydrogen-bond acceptors (Lipinski definition) is 3. The molecule has 1 aromatic heterocycles. The summed E-state index contributed by atoms with van der Waals surface area (Å²) in [6.45, 7) is 3.23. The lowest BCUT2D eigenvalue weighted by molar-refractivity contribution is 0.102. The maximum atomic E-state index is 13.5. The van der Waals surface area contributed by atoms with Gasteiger partial charge in [-0.25, -0.2) is 4.39 Å². The highest BCUT2D eigenvalue weighted by molar-refractivity contribution is 6.04. The van der Waals surface area contributed by atoms with Gasteiger partial charge < -0.3 is 10.1 Å². The third kappa shape index (κ3) is 4.63. The molecule has 1 amide bonds. The van der Waals surface area contributed by atoms with E-state index < -0.39 is 11.7 Å². The molecule has 1 N–H and O–H groups in total. The second kappa shape index (κ2) is 8.24. The zero-order valence-electron chi connectivity index (χ0n) is 12.5. The summed E-state index contributed by atoms with van der Waals surface area (Å²) in [5.74, 6) is -0.860. The molecule has 0 spiro atoms. The van der Waals surface area contributed by atoms with Crippen molar-refractivity contribution in [1.29, 1.82) is 0 Å². The quantitative estimate of drug-likeness (QED) is 0.792. The van der Waals surface area contributed by atoms with Crippen molar-refractivity contribution in [3.63, 3.8) is 0 Å². The van der Waals surface area contributed by atoms with Gasteiger partial charge in [-0.1, -0.05) is 25.5 Å². The number of aromatic nitrogens is 1. The average Bonchev–Trinajstić information content (AvgIpc) is 2.54. The summed E-state index contributed by atoms with van der Waals surface area (Å²) in [5, 5.41) is 2.52. The number of halogens is 1. The van der Waals surface area contributed by atoms with Crippen molar-refractivity contribution in [2.75, 3.05) is 11.9 Å². The zero-order valence-corrected chi connectivity index (χ0v) is 12.5. The molecule has 1 heterocycles. The summed E-state index contributed by atoms with van der Waals surface area (Å²) in [6, 6.07) is 9.43. The number of pyridine rings is 1. The summed E-state index contributed by atoms with van der Waals surface area (Å²) >= 11 is 0. The third-order valence-electron chi connectivity index (χ3n) is 3.10. The molecule has 0 unspecified atom stereocenters. The van der Waals surface area contributed by atoms with Crippen LogP contribution in [0.25, 0.3) is 0 Å². The number of nitrogens with one attached hydrogen (secondary N) is 1. The van der Waals surface area contributed by atoms with Crippen LogP contribution >= 0.6 is 0 Å². The monoisotopic (exact) mass is 302 g/mol. The third-order valence-corrected chi connectivity index (χ3v) is 3.10. The number of anilines is 1. The Morgan fingerprint density at radius 3 is 2.77 bits per heavy atom. The normalized spacial score (nSPS) is 10.5. The standard InChI is InChI=1S/C17H19FN2O2/c1-2-3-10-22-12-14-9-8-13(11-19-14)17(21)20-16-7-5-4-6-15(16)18/h4-9,11H,2-3,10,12H2,1H3,(H,20,21). The highest BCUT2D eigenvalue weighted by Gasteiger charge is 2.09. The molecule has 0 saturated carbocycles. The number of amides is 1. The van der Waals surface area contributed by atoms with Crippen molar-refractivity contribution >= 4 is 11.6 Å². The molecule has 1 aromatic carbocycles. The van der Waals surface area contributed by atoms with Crippen molar-refractivity contribution in [2.45, 2.75) is 26.4 Å². The predicted molar refractivity (Wildman–Crippen MR) is 83.2 cm³/mol. The largest absolute Gasteiger partial charge is 0.375 e. The molecule has 0 aliphatic rings. The second-order valence-electron chi connectivity index (χ2n) is 4.88. The number of carbonyl (C=O) groups excluding carboxylic acids is 1. The number of ether oxygens (including phenoxy) is 1. The molecule has 0 radical (unpaired) electrons. The van der Waals surface area contributed by atoms with Crippen molar-refractivity contribution < 1.29 is 13.9 Å². The van der Waals surface area contributed by atoms with E-state index >= 15 is 0 Å². The van der Waals surface area contributed by atoms with Crippen molar-refractivity contribution in [3.05, 3.63) is 59.7 Å². The summed E-state index contributed by atoms with van der Waals surface area (Å²) in [5.41, 5.74) is 1.29. The first-order chi connectivity index (χ1) is 10.7. The molecule has 2 aromatic rings. The predicted octanol–water partition coefficient (Wildman–Crippen LogP) is 3.79. The number of para-hydroxylation sites is 1. The lowest BCUT2D eigenvalue weighted by Crippen LogP contribution is -2.13. The Morgan fingerprint density at radius 1 is 1.27 bits per heavy atom. The van der Waals surface area contributed by atoms with E-state index in [1.165, 1.54) is 18.3 Å². The molecule has 0 saturated heterocycles. The first-order valence-corrected chi connectivity index (χ1v) is 7.29. The molecule has 0 aliphatic carbocycles. The van der Waals surface area contributed by atoms with Crippen LogP contribution in [0.1, 0.15) is 35.8 Å². The van der Waals surface area contributed by atoms with Crippen LogP contribution in [0.5, 0.6) is 0 Å². The fourth-order valence-electron chi connectivity index (χ4n) is 1.82. The first kappa shape index (κ1) is 16.1. The van der Waals surface area contributed by atoms with Crippen LogP contribution in [0.2, 0.25) is 0 Å². The van der Waals surface area contributed by atoms with Gasteiger partial charge >= 0.3 is 0 Å². The maximum absolute atomic E-state index is 13.5. The van der Waals surface area contributed by atoms with Crippen LogP contribution in [0.15, 0.2) is 42.6 Å². The van der Waals surface area contributed by atoms with Crippen LogP contribution < -0.4 is 5.32 Å². The van der Waals surface area contributed by atoms with E-state index in [1.54, 1.807) is 24.3 Å². The highest BCUT2D eigenvalue weighted by Crippen LogP contribution is 2.14. The smallest absolute Gasteiger partial charge is 0.257 e. The van der Waals surface area contributed by atoms with E-state index in [4.69, 9.17) is 4.74 Å². The van der Waals surface area contributed by atoms with E-state index in [2.05, 4.69) is 17.2 Å². The highest BCUT2D eigenvalue weighted by atomic mass is 19.1. The topological polar surface area (TPSA) is 51.2 Å². The molecule has 0 bridgehead atoms. The summed E-state index contributed by atoms with van der Waals surface area (Å²) in [4.78, 5) is 16.2. The number of nitrogens with zero attached hydrogens (tertiary/aromatic N) is 1. The van der Waals surface area contributed by atoms with Gasteiger partial charge in [0.05, 0.1) is 23.6 Å². The van der Waals surface area contributed by atoms with Crippen molar-refractivity contribution in [3.8, 4) is 0 Å². The van der Waals surface area contributed by atoms with E-state index in [0.717, 1.165) is 18.5 Å². The molecule has 4 nitrogen and oxygen atoms in total. The van der Waals surface area contributed by atoms with Gasteiger partial charge in [-0.15, -0.1) is 0 Å². The van der Waals surface area contributed by atoms with Gasteiger partial charge in [-0.3, -0.25) is 9.78 Å². The van der Waals surface area contributed by atoms with Gasteiger partial charge in [-0.05, 0) is 30.7 Å². The Labute approximate surface area is 129 Å². The zero-order chi connectivity index (χ0) is 15.8. The summed E-state index contributed by atoms with van der Waals surface area (Å²) in [7, 11) is 0. The Morgan fingerprint density at radius 2 is 2.09 bits per heavy atom. The minimum absolute atomic E-state index is 0.152. The van der Waals surface area contributed by atoms with Crippen LogP contribution in [0.4, 0.5) is 10.1 Å². The number of carbonyl (C=O) groups is 1. The second-order valence-corrected chi connectivity index (χ2v) is 4.88. The Balaban J connectivity index is 1.92. The molecule has 116 valence electrons. The average molecular weight is 302 g/mol. The first-order valence-electron chi connectivity index (χ1n) is 7.29. The van der Waals surface area contributed by atoms with Gasteiger partial charge in [0.15, 0.2) is 0 Å². The minimum Gasteiger partial charge on any atom is -0.375 e. The lowest BCUT2D eigenvalue weighted by Gasteiger charge is -2.07. The molecule has 0 atom stereocenters. The molecular weight excluding hydrogens is 283 g/mol. The van der Waals surface area contributed by atoms with Gasteiger partial charge in [0.25, 0.3) is 5.91 Å². The Kier molecular flexibility index (Phi) is 6.03. The number of hydrogen-bond donors (Lipinski definition) is 1. The van der Waals surface area contributed by atoms with E-state index in [-0.39, 0.29) is 5.69 Å². The van der Waals surface area contributed by atoms with Crippen molar-refractivity contribution in [2.24, 2.45) is 0 Å². The van der Waals surface area contributed by atoms with Crippen LogP contribution in [0.3, 0.4) is 0 Å². The summed E-state index contributed by atoms with van der Waals surface area (Å²) < 4.78 is 18.9. The summed E-state index contributed by atoms with van der Waals surface area (Å²) in [6.07, 6.45) is 3.57. The van der Waals surface area contributed by atoms with E-state index in [1.807, 2.05) is 0 Å².